The van der Waals surface area contributed by atoms with Gasteiger partial charge in [-0.3, -0.25) is 0 Å². The average molecular weight is 891 g/mol. The summed E-state index contributed by atoms with van der Waals surface area (Å²) in [6.07, 6.45) is 0. The van der Waals surface area contributed by atoms with E-state index in [1.807, 2.05) is 0 Å². The van der Waals surface area contributed by atoms with Crippen LogP contribution in [0, 0.1) is 142 Å². The van der Waals surface area contributed by atoms with Gasteiger partial charge in [-0.2, -0.15) is 0 Å². The number of rotatable bonds is 0. The van der Waals surface area contributed by atoms with Crippen molar-refractivity contribution >= 4 is 0 Å². The maximum atomic E-state index is 8.62. The van der Waals surface area contributed by atoms with E-state index in [-0.39, 0.29) is 142 Å². The topological polar surface area (TPSA) is 277 Å². The Morgan fingerprint density at radius 2 is 0.263 bits per heavy atom. The Hall–Kier alpha value is 6.44. The Labute approximate surface area is 234 Å². The monoisotopic (exact) mass is 891 g/mol. The van der Waals surface area contributed by atoms with Crippen LogP contribution in [0.1, 0.15) is 0 Å². The second kappa shape index (κ2) is 22.5. The first-order chi connectivity index (χ1) is 6.00. The van der Waals surface area contributed by atoms with E-state index in [0.717, 1.165) is 0 Å². The van der Waals surface area contributed by atoms with Crippen molar-refractivity contribution in [3.8, 4) is 0 Å². The van der Waals surface area contributed by atoms with Crippen LogP contribution >= 0.6 is 0 Å². The fraction of sp³-hybridized carbons (Fsp3) is 0. The first-order valence-electron chi connectivity index (χ1n) is 2.45. The molecule has 12 nitrogen and oxygen atoms in total. The van der Waals surface area contributed by atoms with Crippen molar-refractivity contribution in [3.63, 3.8) is 0 Å². The van der Waals surface area contributed by atoms with Gasteiger partial charge in [0.05, 0.1) is 0 Å². The Balaban J connectivity index is -0.0000000206. The zero-order valence-corrected chi connectivity index (χ0v) is 27.9. The molecule has 0 atom stereocenters. The second-order valence-corrected chi connectivity index (χ2v) is 6.18. The van der Waals surface area contributed by atoms with Crippen molar-refractivity contribution in [2.45, 2.75) is 0 Å². The summed E-state index contributed by atoms with van der Waals surface area (Å²) < 4.78 is 104. The molecular weight excluding hydrogens is 891 g/mol. The van der Waals surface area contributed by atoms with Crippen LogP contribution in [0.2, 0.25) is 0 Å². The quantitative estimate of drug-likeness (QED) is 0.205. The number of hydrogen-bond acceptors (Lipinski definition) is 12. The van der Waals surface area contributed by atoms with Gasteiger partial charge in [-0.1, -0.05) is 0 Å². The Kier molecular flexibility index (Phi) is 52.9. The molecule has 0 spiro atoms. The van der Waals surface area contributed by atoms with Crippen LogP contribution in [0.4, 0.5) is 0 Å². The normalized spacial score (nSPS) is 9.47. The van der Waals surface area contributed by atoms with Crippen LogP contribution in [-0.4, -0.2) is 0 Å². The van der Waals surface area contributed by atoms with Gasteiger partial charge in [0.1, 0.15) is 0 Å². The van der Waals surface area contributed by atoms with E-state index < -0.39 is 54.4 Å². The van der Waals surface area contributed by atoms with E-state index in [1.165, 1.54) is 0 Å². The zero-order valence-electron chi connectivity index (χ0n) is 8.71. The standard InChI is InChI=1S/4La.12O.3Ti/q4*+3;12*-1;;;. The Bertz CT molecular complexity index is 100.0. The van der Waals surface area contributed by atoms with Gasteiger partial charge in [0.15, 0.2) is 0 Å². The molecule has 0 aromatic heterocycles. The average Bonchev–Trinajstić information content (AvgIpc) is 1.41. The van der Waals surface area contributed by atoms with E-state index in [9.17, 15) is 0 Å². The first kappa shape index (κ1) is 44.7. The summed E-state index contributed by atoms with van der Waals surface area (Å²) in [5, 5.41) is 0. The van der Waals surface area contributed by atoms with E-state index in [4.69, 9.17) is 44.3 Å². The molecule has 0 aliphatic rings. The van der Waals surface area contributed by atoms with Crippen molar-refractivity contribution in [2.75, 3.05) is 0 Å². The molecule has 0 bridgehead atoms. The van der Waals surface area contributed by atoms with Crippen LogP contribution in [0.15, 0.2) is 0 Å². The summed E-state index contributed by atoms with van der Waals surface area (Å²) in [4.78, 5) is 0. The van der Waals surface area contributed by atoms with Gasteiger partial charge in [-0.15, -0.1) is 0 Å². The molecule has 0 saturated carbocycles. The maximum absolute atomic E-state index is 8.62. The first-order valence-corrected chi connectivity index (χ1v) is 10.1. The van der Waals surface area contributed by atoms with Crippen molar-refractivity contribution in [1.29, 1.82) is 0 Å². The summed E-state index contributed by atoms with van der Waals surface area (Å²) in [5.74, 6) is 0. The van der Waals surface area contributed by atoms with E-state index in [1.54, 1.807) is 0 Å². The molecule has 0 unspecified atom stereocenters. The minimum absolute atomic E-state index is 0. The molecular formula is La4O12Ti3. The fourth-order valence-corrected chi connectivity index (χ4v) is 0. The summed E-state index contributed by atoms with van der Waals surface area (Å²) in [7, 11) is 0. The van der Waals surface area contributed by atoms with Crippen molar-refractivity contribution in [1.82, 2.24) is 0 Å². The van der Waals surface area contributed by atoms with E-state index >= 15 is 0 Å². The molecule has 0 aromatic carbocycles. The molecule has 0 fully saturated rings. The molecule has 0 amide bonds. The zero-order chi connectivity index (χ0) is 13.5. The molecule has 96 valence electrons. The third-order valence-corrected chi connectivity index (χ3v) is 0. The summed E-state index contributed by atoms with van der Waals surface area (Å²) in [6.45, 7) is 0. The van der Waals surface area contributed by atoms with Gasteiger partial charge >= 0.3 is 241 Å². The van der Waals surface area contributed by atoms with Crippen LogP contribution in [0.3, 0.4) is 0 Å². The molecule has 0 saturated heterocycles. The second-order valence-electron chi connectivity index (χ2n) is 1.50. The van der Waals surface area contributed by atoms with Crippen LogP contribution < -0.4 is 44.3 Å². The molecule has 0 N–H and O–H groups in total. The minimum atomic E-state index is -6.00. The number of hydrogen-bond donors (Lipinski definition) is 0. The molecule has 0 aliphatic carbocycles. The Morgan fingerprint density at radius 1 is 0.263 bits per heavy atom. The fourth-order valence-electron chi connectivity index (χ4n) is 0. The molecule has 0 aromatic rings. The predicted molar refractivity (Wildman–Crippen MR) is 0 cm³/mol. The van der Waals surface area contributed by atoms with Crippen LogP contribution in [-0.2, 0) is 54.4 Å². The van der Waals surface area contributed by atoms with Gasteiger partial charge in [0.25, 0.3) is 0 Å². The van der Waals surface area contributed by atoms with E-state index in [0.29, 0.717) is 0 Å². The molecule has 0 radical (unpaired) electrons. The summed E-state index contributed by atoms with van der Waals surface area (Å²) in [6, 6.07) is 0. The van der Waals surface area contributed by atoms with Crippen LogP contribution in [0.5, 0.6) is 0 Å². The van der Waals surface area contributed by atoms with Crippen molar-refractivity contribution in [2.24, 2.45) is 0 Å². The third-order valence-electron chi connectivity index (χ3n) is 0. The third kappa shape index (κ3) is 297. The summed E-state index contributed by atoms with van der Waals surface area (Å²) in [5.41, 5.74) is 0. The van der Waals surface area contributed by atoms with Gasteiger partial charge in [-0.05, 0) is 0 Å². The van der Waals surface area contributed by atoms with Crippen molar-refractivity contribution in [3.05, 3.63) is 0 Å². The molecule has 0 aliphatic heterocycles. The molecule has 0 rings (SSSR count). The summed E-state index contributed by atoms with van der Waals surface area (Å²) >= 11 is -18.0. The van der Waals surface area contributed by atoms with Gasteiger partial charge < -0.3 is 0 Å². The Morgan fingerprint density at radius 3 is 0.263 bits per heavy atom. The van der Waals surface area contributed by atoms with Gasteiger partial charge in [0, 0.05) is 0 Å². The van der Waals surface area contributed by atoms with Crippen molar-refractivity contribution < 1.29 is 241 Å². The van der Waals surface area contributed by atoms with Gasteiger partial charge in [-0.25, -0.2) is 0 Å². The molecule has 19 heavy (non-hydrogen) atoms. The van der Waals surface area contributed by atoms with E-state index in [2.05, 4.69) is 0 Å². The van der Waals surface area contributed by atoms with Gasteiger partial charge in [0.2, 0.25) is 0 Å². The molecule has 19 heteroatoms. The SMILES string of the molecule is [La+3].[La+3].[La+3].[La+3].[O-][Ti]([O-])([O-])[O-].[O-][Ti]([O-])([O-])[O-].[O-][Ti]([O-])([O-])[O-]. The predicted octanol–water partition coefficient (Wildman–Crippen LogP) is -14.3. The van der Waals surface area contributed by atoms with Crippen LogP contribution in [0.25, 0.3) is 0 Å². The molecule has 0 heterocycles.